The highest BCUT2D eigenvalue weighted by molar-refractivity contribution is 6.33. The molecule has 0 fully saturated rings. The molecule has 0 saturated carbocycles. The summed E-state index contributed by atoms with van der Waals surface area (Å²) in [4.78, 5) is 0. The van der Waals surface area contributed by atoms with E-state index in [1.54, 1.807) is 7.11 Å². The molecule has 1 aromatic carbocycles. The number of methoxy groups -OCH3 is 1. The molecular formula is C15H23Cl2NO. The van der Waals surface area contributed by atoms with E-state index in [2.05, 4.69) is 19.2 Å². The molecule has 0 aromatic heterocycles. The largest absolute Gasteiger partial charge is 0.382 e. The first kappa shape index (κ1) is 16.8. The van der Waals surface area contributed by atoms with E-state index in [1.165, 1.54) is 0 Å². The molecule has 1 rings (SSSR count). The predicted molar refractivity (Wildman–Crippen MR) is 83.2 cm³/mol. The van der Waals surface area contributed by atoms with Crippen molar-refractivity contribution in [3.8, 4) is 0 Å². The lowest BCUT2D eigenvalue weighted by Crippen LogP contribution is -2.23. The zero-order valence-corrected chi connectivity index (χ0v) is 13.4. The molecule has 2 unspecified atom stereocenters. The van der Waals surface area contributed by atoms with Crippen LogP contribution in [0.1, 0.15) is 44.7 Å². The molecule has 108 valence electrons. The highest BCUT2D eigenvalue weighted by Gasteiger charge is 2.15. The average molecular weight is 304 g/mol. The molecule has 0 saturated heterocycles. The van der Waals surface area contributed by atoms with Crippen molar-refractivity contribution in [3.63, 3.8) is 0 Å². The summed E-state index contributed by atoms with van der Waals surface area (Å²) < 4.78 is 5.31. The summed E-state index contributed by atoms with van der Waals surface area (Å²) in [5, 5.41) is 5.03. The molecule has 2 nitrogen and oxygen atoms in total. The maximum Gasteiger partial charge on any atom is 0.0543 e. The molecular weight excluding hydrogens is 281 g/mol. The van der Waals surface area contributed by atoms with Gasteiger partial charge in [-0.1, -0.05) is 30.1 Å². The van der Waals surface area contributed by atoms with E-state index in [4.69, 9.17) is 27.9 Å². The predicted octanol–water partition coefficient (Wildman–Crippen LogP) is 4.85. The number of hydrogen-bond acceptors (Lipinski definition) is 2. The number of hydrogen-bond donors (Lipinski definition) is 1. The van der Waals surface area contributed by atoms with Gasteiger partial charge in [-0.05, 0) is 56.5 Å². The van der Waals surface area contributed by atoms with Gasteiger partial charge in [0, 0.05) is 23.2 Å². The summed E-state index contributed by atoms with van der Waals surface area (Å²) in [6.07, 6.45) is 3.31. The van der Waals surface area contributed by atoms with E-state index >= 15 is 0 Å². The van der Waals surface area contributed by atoms with Gasteiger partial charge in [0.05, 0.1) is 6.10 Å². The summed E-state index contributed by atoms with van der Waals surface area (Å²) in [6.45, 7) is 5.20. The minimum atomic E-state index is 0.226. The van der Waals surface area contributed by atoms with E-state index in [9.17, 15) is 0 Å². The van der Waals surface area contributed by atoms with Crippen LogP contribution >= 0.6 is 23.2 Å². The molecule has 4 heteroatoms. The SMILES string of the molecule is CCCNC(CCC(C)OC)c1cc(Cl)ccc1Cl. The maximum atomic E-state index is 6.29. The minimum absolute atomic E-state index is 0.226. The van der Waals surface area contributed by atoms with Gasteiger partial charge in [0.2, 0.25) is 0 Å². The van der Waals surface area contributed by atoms with Crippen molar-refractivity contribution in [2.75, 3.05) is 13.7 Å². The molecule has 0 bridgehead atoms. The Kier molecular flexibility index (Phi) is 7.77. The normalized spacial score (nSPS) is 14.4. The van der Waals surface area contributed by atoms with Crippen LogP contribution in [0.5, 0.6) is 0 Å². The monoisotopic (exact) mass is 303 g/mol. The maximum absolute atomic E-state index is 6.29. The highest BCUT2D eigenvalue weighted by Crippen LogP contribution is 2.29. The number of nitrogens with one attached hydrogen (secondary N) is 1. The van der Waals surface area contributed by atoms with Crippen LogP contribution in [0.3, 0.4) is 0 Å². The Morgan fingerprint density at radius 1 is 1.26 bits per heavy atom. The van der Waals surface area contributed by atoms with Gasteiger partial charge in [-0.3, -0.25) is 0 Å². The van der Waals surface area contributed by atoms with Crippen LogP contribution in [-0.4, -0.2) is 19.8 Å². The Morgan fingerprint density at radius 2 is 2.00 bits per heavy atom. The van der Waals surface area contributed by atoms with Crippen LogP contribution in [0.25, 0.3) is 0 Å². The van der Waals surface area contributed by atoms with E-state index in [1.807, 2.05) is 18.2 Å². The highest BCUT2D eigenvalue weighted by atomic mass is 35.5. The van der Waals surface area contributed by atoms with Gasteiger partial charge in [-0.2, -0.15) is 0 Å². The average Bonchev–Trinajstić information content (AvgIpc) is 2.41. The van der Waals surface area contributed by atoms with Gasteiger partial charge in [0.15, 0.2) is 0 Å². The zero-order valence-electron chi connectivity index (χ0n) is 11.9. The van der Waals surface area contributed by atoms with E-state index in [0.29, 0.717) is 0 Å². The zero-order chi connectivity index (χ0) is 14.3. The Labute approximate surface area is 126 Å². The third-order valence-corrected chi connectivity index (χ3v) is 3.82. The van der Waals surface area contributed by atoms with Gasteiger partial charge in [0.1, 0.15) is 0 Å². The van der Waals surface area contributed by atoms with Crippen LogP contribution in [0, 0.1) is 0 Å². The lowest BCUT2D eigenvalue weighted by molar-refractivity contribution is 0.106. The van der Waals surface area contributed by atoms with Crippen molar-refractivity contribution in [3.05, 3.63) is 33.8 Å². The summed E-state index contributed by atoms with van der Waals surface area (Å²) >= 11 is 12.4. The fourth-order valence-electron chi connectivity index (χ4n) is 1.99. The minimum Gasteiger partial charge on any atom is -0.382 e. The second-order valence-corrected chi connectivity index (χ2v) is 5.64. The van der Waals surface area contributed by atoms with E-state index in [-0.39, 0.29) is 12.1 Å². The van der Waals surface area contributed by atoms with Crippen molar-refractivity contribution in [1.82, 2.24) is 5.32 Å². The third-order valence-electron chi connectivity index (χ3n) is 3.24. The molecule has 0 aliphatic carbocycles. The van der Waals surface area contributed by atoms with Gasteiger partial charge < -0.3 is 10.1 Å². The van der Waals surface area contributed by atoms with Crippen molar-refractivity contribution < 1.29 is 4.74 Å². The fraction of sp³-hybridized carbons (Fsp3) is 0.600. The molecule has 1 N–H and O–H groups in total. The molecule has 0 amide bonds. The molecule has 19 heavy (non-hydrogen) atoms. The van der Waals surface area contributed by atoms with Crippen LogP contribution in [0.15, 0.2) is 18.2 Å². The summed E-state index contributed by atoms with van der Waals surface area (Å²) in [6, 6.07) is 5.86. The van der Waals surface area contributed by atoms with Crippen molar-refractivity contribution in [2.45, 2.75) is 45.3 Å². The van der Waals surface area contributed by atoms with E-state index < -0.39 is 0 Å². The number of benzene rings is 1. The topological polar surface area (TPSA) is 21.3 Å². The molecule has 0 radical (unpaired) electrons. The lowest BCUT2D eigenvalue weighted by atomic mass is 10.00. The molecule has 2 atom stereocenters. The van der Waals surface area contributed by atoms with Crippen LogP contribution in [0.4, 0.5) is 0 Å². The summed E-state index contributed by atoms with van der Waals surface area (Å²) in [5.41, 5.74) is 1.07. The van der Waals surface area contributed by atoms with Gasteiger partial charge in [0.25, 0.3) is 0 Å². The van der Waals surface area contributed by atoms with Crippen molar-refractivity contribution in [1.29, 1.82) is 0 Å². The Hall–Kier alpha value is -0.280. The Morgan fingerprint density at radius 3 is 2.63 bits per heavy atom. The lowest BCUT2D eigenvalue weighted by Gasteiger charge is -2.22. The van der Waals surface area contributed by atoms with Gasteiger partial charge in [-0.15, -0.1) is 0 Å². The molecule has 1 aromatic rings. The molecule has 0 aliphatic rings. The number of rotatable bonds is 8. The Bertz CT molecular complexity index is 384. The summed E-state index contributed by atoms with van der Waals surface area (Å²) in [5.74, 6) is 0. The smallest absolute Gasteiger partial charge is 0.0543 e. The van der Waals surface area contributed by atoms with Crippen molar-refractivity contribution in [2.24, 2.45) is 0 Å². The first-order chi connectivity index (χ1) is 9.08. The Balaban J connectivity index is 2.79. The fourth-order valence-corrected chi connectivity index (χ4v) is 2.42. The summed E-state index contributed by atoms with van der Waals surface area (Å²) in [7, 11) is 1.74. The van der Waals surface area contributed by atoms with Crippen LogP contribution < -0.4 is 5.32 Å². The molecule has 0 spiro atoms. The van der Waals surface area contributed by atoms with Crippen LogP contribution in [0.2, 0.25) is 10.0 Å². The second-order valence-electron chi connectivity index (χ2n) is 4.80. The third kappa shape index (κ3) is 5.70. The van der Waals surface area contributed by atoms with Gasteiger partial charge in [-0.25, -0.2) is 0 Å². The second kappa shape index (κ2) is 8.80. The number of ether oxygens (including phenoxy) is 1. The van der Waals surface area contributed by atoms with E-state index in [0.717, 1.165) is 41.4 Å². The van der Waals surface area contributed by atoms with Crippen molar-refractivity contribution >= 4 is 23.2 Å². The molecule has 0 aliphatic heterocycles. The first-order valence-corrected chi connectivity index (χ1v) is 7.55. The van der Waals surface area contributed by atoms with Crippen LogP contribution in [-0.2, 0) is 4.74 Å². The number of halogens is 2. The molecule has 0 heterocycles. The quantitative estimate of drug-likeness (QED) is 0.741. The standard InChI is InChI=1S/C15H23Cl2NO/c1-4-9-18-15(8-5-11(2)19-3)13-10-12(16)6-7-14(13)17/h6-7,10-11,15,18H,4-5,8-9H2,1-3H3. The van der Waals surface area contributed by atoms with Gasteiger partial charge >= 0.3 is 0 Å². The first-order valence-electron chi connectivity index (χ1n) is 6.79.